The molecule has 9 heteroatoms. The molecule has 8 nitrogen and oxygen atoms in total. The molecule has 1 aromatic carbocycles. The van der Waals surface area contributed by atoms with Crippen molar-refractivity contribution in [1.29, 1.82) is 5.26 Å². The maximum absolute atomic E-state index is 14.0. The third-order valence-corrected chi connectivity index (χ3v) is 4.97. The fourth-order valence-corrected chi connectivity index (χ4v) is 3.44. The number of ketones is 1. The quantitative estimate of drug-likeness (QED) is 0.608. The van der Waals surface area contributed by atoms with Crippen LogP contribution in [0.5, 0.6) is 11.6 Å². The Morgan fingerprint density at radius 3 is 2.73 bits per heavy atom. The number of nitrogen functional groups attached to an aromatic ring is 1. The van der Waals surface area contributed by atoms with E-state index in [1.807, 2.05) is 0 Å². The van der Waals surface area contributed by atoms with Crippen LogP contribution in [0.25, 0.3) is 11.1 Å². The number of aryl methyl sites for hydroxylation is 1. The summed E-state index contributed by atoms with van der Waals surface area (Å²) >= 11 is 0. The predicted octanol–water partition coefficient (Wildman–Crippen LogP) is 3.18. The lowest BCUT2D eigenvalue weighted by Crippen LogP contribution is -2.26. The van der Waals surface area contributed by atoms with Gasteiger partial charge in [0.1, 0.15) is 23.7 Å². The van der Waals surface area contributed by atoms with Crippen LogP contribution in [0.3, 0.4) is 0 Å². The van der Waals surface area contributed by atoms with Crippen molar-refractivity contribution >= 4 is 11.6 Å². The first-order valence-electron chi connectivity index (χ1n) is 9.20. The minimum Gasteiger partial charge on any atom is -0.482 e. The molecule has 1 aliphatic heterocycles. The smallest absolute Gasteiger partial charge is 0.242 e. The fraction of sp³-hybridized carbons (Fsp3) is 0.238. The minimum absolute atomic E-state index is 0.102. The highest BCUT2D eigenvalue weighted by Gasteiger charge is 2.29. The summed E-state index contributed by atoms with van der Waals surface area (Å²) in [5.41, 5.74) is 7.70. The molecular weight excluding hydrogens is 389 g/mol. The summed E-state index contributed by atoms with van der Waals surface area (Å²) in [5, 5.41) is 13.9. The third kappa shape index (κ3) is 3.12. The van der Waals surface area contributed by atoms with Crippen LogP contribution in [0, 0.1) is 17.1 Å². The van der Waals surface area contributed by atoms with Crippen molar-refractivity contribution in [3.05, 3.63) is 53.1 Å². The molecule has 2 unspecified atom stereocenters. The van der Waals surface area contributed by atoms with E-state index in [4.69, 9.17) is 15.2 Å². The number of hydrogen-bond donors (Lipinski definition) is 1. The number of carbonyl (C=O) groups excluding carboxylic acids is 1. The third-order valence-electron chi connectivity index (χ3n) is 4.97. The summed E-state index contributed by atoms with van der Waals surface area (Å²) in [5.74, 6) is -0.418. The van der Waals surface area contributed by atoms with Gasteiger partial charge < -0.3 is 15.2 Å². The summed E-state index contributed by atoms with van der Waals surface area (Å²) in [6.07, 6.45) is -0.166. The van der Waals surface area contributed by atoms with Crippen LogP contribution in [0.2, 0.25) is 0 Å². The molecule has 30 heavy (non-hydrogen) atoms. The zero-order chi connectivity index (χ0) is 21.6. The molecule has 0 radical (unpaired) electrons. The van der Waals surface area contributed by atoms with Crippen LogP contribution in [-0.4, -0.2) is 26.7 Å². The number of hydrogen-bond acceptors (Lipinski definition) is 7. The number of halogens is 1. The molecule has 2 atom stereocenters. The van der Waals surface area contributed by atoms with Crippen LogP contribution < -0.4 is 15.2 Å². The first-order valence-corrected chi connectivity index (χ1v) is 9.20. The van der Waals surface area contributed by atoms with Gasteiger partial charge in [-0.25, -0.2) is 9.37 Å². The van der Waals surface area contributed by atoms with Crippen LogP contribution in [-0.2, 0) is 7.05 Å². The number of benzene rings is 1. The Morgan fingerprint density at radius 2 is 2.00 bits per heavy atom. The molecule has 3 aromatic rings. The number of aromatic nitrogens is 3. The van der Waals surface area contributed by atoms with E-state index in [1.165, 1.54) is 29.1 Å². The normalized spacial score (nSPS) is 18.0. The monoisotopic (exact) mass is 407 g/mol. The number of pyridine rings is 1. The lowest BCUT2D eigenvalue weighted by Gasteiger charge is -2.22. The lowest BCUT2D eigenvalue weighted by atomic mass is 9.97. The van der Waals surface area contributed by atoms with Gasteiger partial charge in [0.15, 0.2) is 17.7 Å². The molecule has 3 heterocycles. The van der Waals surface area contributed by atoms with E-state index in [2.05, 4.69) is 16.2 Å². The second-order valence-corrected chi connectivity index (χ2v) is 6.99. The molecule has 2 aromatic heterocycles. The fourth-order valence-electron chi connectivity index (χ4n) is 3.44. The van der Waals surface area contributed by atoms with Crippen molar-refractivity contribution in [3.63, 3.8) is 0 Å². The van der Waals surface area contributed by atoms with Crippen molar-refractivity contribution in [2.75, 3.05) is 5.73 Å². The molecule has 152 valence electrons. The number of fused-ring (bicyclic) bond motifs is 5. The highest BCUT2D eigenvalue weighted by Crippen LogP contribution is 2.38. The van der Waals surface area contributed by atoms with Gasteiger partial charge >= 0.3 is 0 Å². The van der Waals surface area contributed by atoms with E-state index >= 15 is 0 Å². The summed E-state index contributed by atoms with van der Waals surface area (Å²) in [7, 11) is 1.60. The molecule has 0 saturated carbocycles. The zero-order valence-corrected chi connectivity index (χ0v) is 16.5. The summed E-state index contributed by atoms with van der Waals surface area (Å²) in [6.45, 7) is 3.26. The molecule has 0 saturated heterocycles. The number of carbonyl (C=O) groups is 1. The number of nitrogens with zero attached hydrogens (tertiary/aromatic N) is 4. The van der Waals surface area contributed by atoms with Crippen LogP contribution in [0.15, 0.2) is 30.5 Å². The van der Waals surface area contributed by atoms with Crippen molar-refractivity contribution in [1.82, 2.24) is 14.8 Å². The summed E-state index contributed by atoms with van der Waals surface area (Å²) in [4.78, 5) is 17.3. The van der Waals surface area contributed by atoms with Crippen molar-refractivity contribution in [2.24, 2.45) is 7.05 Å². The number of Topliss-reactive ketones (excluding diaryl/α,β-unsaturated/α-hetero) is 1. The van der Waals surface area contributed by atoms with Gasteiger partial charge in [0.25, 0.3) is 0 Å². The summed E-state index contributed by atoms with van der Waals surface area (Å²) in [6, 6.07) is 7.57. The van der Waals surface area contributed by atoms with Gasteiger partial charge in [-0.15, -0.1) is 5.10 Å². The van der Waals surface area contributed by atoms with Gasteiger partial charge in [-0.3, -0.25) is 9.48 Å². The Balaban J connectivity index is 1.98. The molecule has 0 amide bonds. The Bertz CT molecular complexity index is 1210. The number of anilines is 1. The molecule has 2 bridgehead atoms. The standard InChI is InChI=1S/C21H18FN5O3/c1-10-15-7-13(22)4-5-14(15)19(28)11(2)30-21-18(16(8-23)27(3)26-21)12-6-17(29-10)20(24)25-9-12/h4-7,9-11H,1-3H3,(H2,24,25). The highest BCUT2D eigenvalue weighted by molar-refractivity contribution is 6.01. The van der Waals surface area contributed by atoms with E-state index in [0.29, 0.717) is 16.7 Å². The first-order chi connectivity index (χ1) is 14.3. The van der Waals surface area contributed by atoms with Crippen LogP contribution in [0.1, 0.15) is 41.6 Å². The van der Waals surface area contributed by atoms with Gasteiger partial charge in [0.05, 0.1) is 5.56 Å². The maximum atomic E-state index is 14.0. The second-order valence-electron chi connectivity index (χ2n) is 6.99. The van der Waals surface area contributed by atoms with Gasteiger partial charge in [-0.2, -0.15) is 5.26 Å². The number of rotatable bonds is 0. The number of nitriles is 1. The van der Waals surface area contributed by atoms with Crippen LogP contribution in [0.4, 0.5) is 10.2 Å². The Labute approximate surface area is 171 Å². The molecule has 0 spiro atoms. The minimum atomic E-state index is -0.942. The second kappa shape index (κ2) is 7.15. The van der Waals surface area contributed by atoms with E-state index in [9.17, 15) is 14.4 Å². The average molecular weight is 407 g/mol. The van der Waals surface area contributed by atoms with E-state index in [0.717, 1.165) is 0 Å². The van der Waals surface area contributed by atoms with Gasteiger partial charge in [-0.1, -0.05) is 0 Å². The summed E-state index contributed by atoms with van der Waals surface area (Å²) < 4.78 is 27.1. The van der Waals surface area contributed by atoms with Gasteiger partial charge in [0, 0.05) is 29.9 Å². The largest absolute Gasteiger partial charge is 0.482 e. The molecule has 0 aliphatic carbocycles. The Hall–Kier alpha value is -3.93. The topological polar surface area (TPSA) is 116 Å². The van der Waals surface area contributed by atoms with E-state index < -0.39 is 18.0 Å². The molecule has 4 rings (SSSR count). The Morgan fingerprint density at radius 1 is 1.23 bits per heavy atom. The maximum Gasteiger partial charge on any atom is 0.242 e. The predicted molar refractivity (Wildman–Crippen MR) is 105 cm³/mol. The number of nitrogens with two attached hydrogens (primary N) is 1. The average Bonchev–Trinajstić information content (AvgIpc) is 3.03. The van der Waals surface area contributed by atoms with E-state index in [1.54, 1.807) is 27.0 Å². The van der Waals surface area contributed by atoms with Gasteiger partial charge in [0.2, 0.25) is 11.7 Å². The Kier molecular flexibility index (Phi) is 4.62. The SMILES string of the molecule is CC1Oc2nn(C)c(C#N)c2-c2cnc(N)c(c2)OC(C)c2cc(F)ccc2C1=O. The van der Waals surface area contributed by atoms with E-state index in [-0.39, 0.29) is 34.5 Å². The lowest BCUT2D eigenvalue weighted by molar-refractivity contribution is 0.0806. The van der Waals surface area contributed by atoms with Gasteiger partial charge in [-0.05, 0) is 38.1 Å². The van der Waals surface area contributed by atoms with Crippen LogP contribution >= 0.6 is 0 Å². The molecule has 2 N–H and O–H groups in total. The zero-order valence-electron chi connectivity index (χ0n) is 16.5. The number of ether oxygens (including phenoxy) is 2. The molecule has 1 aliphatic rings. The molecular formula is C21H18FN5O3. The van der Waals surface area contributed by atoms with Crippen molar-refractivity contribution in [2.45, 2.75) is 26.1 Å². The van der Waals surface area contributed by atoms with Crippen molar-refractivity contribution < 1.29 is 18.7 Å². The highest BCUT2D eigenvalue weighted by atomic mass is 19.1. The first kappa shape index (κ1) is 19.4. The van der Waals surface area contributed by atoms with Crippen molar-refractivity contribution in [3.8, 4) is 28.8 Å². The molecule has 0 fully saturated rings.